The molecule has 0 spiro atoms. The van der Waals surface area contributed by atoms with E-state index in [0.717, 1.165) is 0 Å². The number of aromatic nitrogens is 6. The highest BCUT2D eigenvalue weighted by atomic mass is 19.4. The second-order valence-corrected chi connectivity index (χ2v) is 6.48. The van der Waals surface area contributed by atoms with E-state index in [9.17, 15) is 22.8 Å². The zero-order chi connectivity index (χ0) is 21.6. The first-order valence-electron chi connectivity index (χ1n) is 8.65. The van der Waals surface area contributed by atoms with Crippen LogP contribution in [0, 0.1) is 13.8 Å². The van der Waals surface area contributed by atoms with Crippen molar-refractivity contribution in [2.24, 2.45) is 0 Å². The fraction of sp³-hybridized carbons (Fsp3) is 0.167. The van der Waals surface area contributed by atoms with E-state index in [4.69, 9.17) is 0 Å². The lowest BCUT2D eigenvalue weighted by Gasteiger charge is -2.08. The molecule has 30 heavy (non-hydrogen) atoms. The minimum Gasteiger partial charge on any atom is -0.342 e. The molecule has 3 heterocycles. The maximum atomic E-state index is 13.7. The van der Waals surface area contributed by atoms with Gasteiger partial charge in [-0.25, -0.2) is 0 Å². The highest BCUT2D eigenvalue weighted by molar-refractivity contribution is 6.04. The largest absolute Gasteiger partial charge is 0.435 e. The first-order chi connectivity index (χ1) is 14.2. The molecule has 3 aromatic heterocycles. The third kappa shape index (κ3) is 3.21. The van der Waals surface area contributed by atoms with Crippen molar-refractivity contribution in [3.63, 3.8) is 0 Å². The lowest BCUT2D eigenvalue weighted by Crippen LogP contribution is -2.29. The van der Waals surface area contributed by atoms with Crippen molar-refractivity contribution in [2.75, 3.05) is 5.32 Å². The van der Waals surface area contributed by atoms with E-state index in [0.29, 0.717) is 10.3 Å². The van der Waals surface area contributed by atoms with Gasteiger partial charge in [0, 0.05) is 5.69 Å². The molecule has 0 saturated heterocycles. The molecule has 1 amide bonds. The Bertz CT molecular complexity index is 1320. The molecule has 0 unspecified atom stereocenters. The molecule has 0 saturated carbocycles. The number of aryl methyl sites for hydroxylation is 2. The second-order valence-electron chi connectivity index (χ2n) is 6.48. The summed E-state index contributed by atoms with van der Waals surface area (Å²) in [6, 6.07) is 7.76. The number of H-pyrrole nitrogens is 2. The maximum Gasteiger partial charge on any atom is 0.435 e. The van der Waals surface area contributed by atoms with Crippen LogP contribution >= 0.6 is 0 Å². The van der Waals surface area contributed by atoms with Gasteiger partial charge < -0.3 is 4.98 Å². The van der Waals surface area contributed by atoms with Gasteiger partial charge in [0.1, 0.15) is 17.0 Å². The number of aromatic amines is 2. The van der Waals surface area contributed by atoms with Crippen molar-refractivity contribution in [2.45, 2.75) is 20.0 Å². The van der Waals surface area contributed by atoms with Crippen LogP contribution in [0.15, 0.2) is 35.1 Å². The first kappa shape index (κ1) is 19.4. The summed E-state index contributed by atoms with van der Waals surface area (Å²) in [5, 5.41) is 12.1. The quantitative estimate of drug-likeness (QED) is 0.473. The van der Waals surface area contributed by atoms with Crippen molar-refractivity contribution >= 4 is 17.5 Å². The van der Waals surface area contributed by atoms with Crippen molar-refractivity contribution in [3.8, 4) is 11.1 Å². The van der Waals surface area contributed by atoms with E-state index >= 15 is 0 Å². The lowest BCUT2D eigenvalue weighted by molar-refractivity contribution is -0.140. The van der Waals surface area contributed by atoms with E-state index in [1.54, 1.807) is 25.1 Å². The Hall–Kier alpha value is -3.96. The van der Waals surface area contributed by atoms with Crippen LogP contribution in [0.4, 0.5) is 19.1 Å². The molecular weight excluding hydrogens is 403 g/mol. The van der Waals surface area contributed by atoms with Gasteiger partial charge in [-0.3, -0.25) is 20.0 Å². The number of nitrogens with zero attached hydrogens (tertiary/aromatic N) is 4. The van der Waals surface area contributed by atoms with Crippen LogP contribution in [0.1, 0.15) is 27.6 Å². The molecule has 9 nitrogen and oxygen atoms in total. The van der Waals surface area contributed by atoms with Gasteiger partial charge >= 0.3 is 6.18 Å². The zero-order valence-electron chi connectivity index (χ0n) is 15.6. The number of anilines is 1. The average molecular weight is 417 g/mol. The van der Waals surface area contributed by atoms with Crippen molar-refractivity contribution in [1.29, 1.82) is 0 Å². The first-order valence-corrected chi connectivity index (χ1v) is 8.65. The third-order valence-corrected chi connectivity index (χ3v) is 4.35. The molecule has 3 N–H and O–H groups in total. The lowest BCUT2D eigenvalue weighted by atomic mass is 10.1. The topological polar surface area (TPSA) is 121 Å². The molecule has 0 aliphatic heterocycles. The zero-order valence-corrected chi connectivity index (χ0v) is 15.6. The van der Waals surface area contributed by atoms with E-state index in [2.05, 4.69) is 30.6 Å². The summed E-state index contributed by atoms with van der Waals surface area (Å²) in [5.41, 5.74) is -2.78. The van der Waals surface area contributed by atoms with Crippen molar-refractivity contribution in [1.82, 2.24) is 29.8 Å². The van der Waals surface area contributed by atoms with E-state index < -0.39 is 28.9 Å². The summed E-state index contributed by atoms with van der Waals surface area (Å²) in [4.78, 5) is 32.1. The SMILES string of the molecule is Cc1nc(NC(=O)c2c(C)[nH]c3c(-c4ccccc4)c(C(F)(F)F)nn3c2=O)n[nH]1. The fourth-order valence-corrected chi connectivity index (χ4v) is 3.09. The van der Waals surface area contributed by atoms with Crippen LogP contribution in [-0.2, 0) is 6.18 Å². The maximum absolute atomic E-state index is 13.7. The third-order valence-electron chi connectivity index (χ3n) is 4.35. The fourth-order valence-electron chi connectivity index (χ4n) is 3.09. The van der Waals surface area contributed by atoms with Crippen LogP contribution < -0.4 is 10.9 Å². The summed E-state index contributed by atoms with van der Waals surface area (Å²) in [7, 11) is 0. The summed E-state index contributed by atoms with van der Waals surface area (Å²) in [5.74, 6) is -0.515. The van der Waals surface area contributed by atoms with Gasteiger partial charge in [-0.05, 0) is 19.4 Å². The molecule has 0 aliphatic rings. The summed E-state index contributed by atoms with van der Waals surface area (Å²) >= 11 is 0. The number of rotatable bonds is 3. The van der Waals surface area contributed by atoms with E-state index in [1.165, 1.54) is 19.1 Å². The number of alkyl halides is 3. The summed E-state index contributed by atoms with van der Waals surface area (Å²) in [6.45, 7) is 3.02. The van der Waals surface area contributed by atoms with E-state index in [1.807, 2.05) is 0 Å². The average Bonchev–Trinajstić information content (AvgIpc) is 3.26. The van der Waals surface area contributed by atoms with Gasteiger partial charge in [-0.2, -0.15) is 27.8 Å². The molecule has 0 fully saturated rings. The Morgan fingerprint density at radius 3 is 2.47 bits per heavy atom. The Morgan fingerprint density at radius 1 is 1.17 bits per heavy atom. The summed E-state index contributed by atoms with van der Waals surface area (Å²) < 4.78 is 41.5. The number of hydrogen-bond donors (Lipinski definition) is 3. The van der Waals surface area contributed by atoms with E-state index in [-0.39, 0.29) is 28.4 Å². The minimum atomic E-state index is -4.82. The number of halogens is 3. The predicted octanol–water partition coefficient (Wildman–Crippen LogP) is 2.70. The Kier molecular flexibility index (Phi) is 4.41. The highest BCUT2D eigenvalue weighted by Crippen LogP contribution is 2.38. The van der Waals surface area contributed by atoms with Gasteiger partial charge in [0.25, 0.3) is 11.5 Å². The minimum absolute atomic E-state index is 0.0715. The molecular formula is C18H14F3N7O2. The number of carbonyl (C=O) groups excluding carboxylic acids is 1. The number of benzene rings is 1. The molecule has 0 radical (unpaired) electrons. The van der Waals surface area contributed by atoms with Crippen LogP contribution in [0.25, 0.3) is 16.8 Å². The Morgan fingerprint density at radius 2 is 1.87 bits per heavy atom. The molecule has 154 valence electrons. The van der Waals surface area contributed by atoms with Gasteiger partial charge in [-0.1, -0.05) is 30.3 Å². The molecule has 0 bridgehead atoms. The number of nitrogens with one attached hydrogen (secondary N) is 3. The van der Waals surface area contributed by atoms with Crippen molar-refractivity contribution in [3.05, 3.63) is 63.5 Å². The molecule has 0 atom stereocenters. The second kappa shape index (κ2) is 6.83. The highest BCUT2D eigenvalue weighted by Gasteiger charge is 2.39. The predicted molar refractivity (Wildman–Crippen MR) is 100 cm³/mol. The van der Waals surface area contributed by atoms with Gasteiger partial charge in [0.05, 0.1) is 5.56 Å². The number of fused-ring (bicyclic) bond motifs is 1. The molecule has 12 heteroatoms. The molecule has 1 aromatic carbocycles. The van der Waals surface area contributed by atoms with Crippen LogP contribution in [-0.4, -0.2) is 35.7 Å². The van der Waals surface area contributed by atoms with Gasteiger partial charge in [-0.15, -0.1) is 5.10 Å². The van der Waals surface area contributed by atoms with Crippen LogP contribution in [0.2, 0.25) is 0 Å². The van der Waals surface area contributed by atoms with Crippen molar-refractivity contribution < 1.29 is 18.0 Å². The van der Waals surface area contributed by atoms with Crippen LogP contribution in [0.3, 0.4) is 0 Å². The number of amides is 1. The number of carbonyl (C=O) groups is 1. The normalized spacial score (nSPS) is 11.8. The number of hydrogen-bond acceptors (Lipinski definition) is 5. The van der Waals surface area contributed by atoms with Gasteiger partial charge in [0.15, 0.2) is 5.69 Å². The monoisotopic (exact) mass is 417 g/mol. The Labute approximate surface area is 166 Å². The molecule has 0 aliphatic carbocycles. The molecule has 4 aromatic rings. The van der Waals surface area contributed by atoms with Crippen LogP contribution in [0.5, 0.6) is 0 Å². The molecule has 4 rings (SSSR count). The standard InChI is InChI=1S/C18H14F3N7O2/c1-8-11(15(29)24-17-23-9(2)25-26-17)16(30)28-14(22-8)12(10-6-4-3-5-7-10)13(27-28)18(19,20)21/h3-7,22H,1-2H3,(H2,23,24,25,26,29). The Balaban J connectivity index is 1.93. The summed E-state index contributed by atoms with van der Waals surface area (Å²) in [6.07, 6.45) is -4.82. The van der Waals surface area contributed by atoms with Gasteiger partial charge in [0.2, 0.25) is 5.95 Å². The smallest absolute Gasteiger partial charge is 0.342 e.